The Bertz CT molecular complexity index is 966. The van der Waals surface area contributed by atoms with E-state index in [0.29, 0.717) is 19.0 Å². The summed E-state index contributed by atoms with van der Waals surface area (Å²) in [5.41, 5.74) is 1.70. The monoisotopic (exact) mass is 336 g/mol. The first-order valence-corrected chi connectivity index (χ1v) is 7.82. The molecule has 0 fully saturated rings. The molecule has 0 aliphatic carbocycles. The Morgan fingerprint density at radius 2 is 1.96 bits per heavy atom. The third-order valence-electron chi connectivity index (χ3n) is 3.75. The number of benzene rings is 1. The number of hydrogen-bond acceptors (Lipinski definition) is 6. The molecule has 3 heterocycles. The first kappa shape index (κ1) is 15.1. The van der Waals surface area contributed by atoms with Crippen molar-refractivity contribution in [1.82, 2.24) is 29.4 Å². The first-order chi connectivity index (χ1) is 12.3. The molecule has 0 amide bonds. The summed E-state index contributed by atoms with van der Waals surface area (Å²) < 4.78 is 15.2. The van der Waals surface area contributed by atoms with Crippen LogP contribution in [0.1, 0.15) is 5.56 Å². The average Bonchev–Trinajstić information content (AvgIpc) is 3.25. The molecule has 0 N–H and O–H groups in total. The molecule has 1 aromatic carbocycles. The second-order valence-electron chi connectivity index (χ2n) is 5.40. The van der Waals surface area contributed by atoms with E-state index in [2.05, 4.69) is 20.2 Å². The molecule has 3 aromatic heterocycles. The van der Waals surface area contributed by atoms with Crippen LogP contribution in [0.4, 0.5) is 0 Å². The van der Waals surface area contributed by atoms with Crippen LogP contribution in [0.15, 0.2) is 55.5 Å². The summed E-state index contributed by atoms with van der Waals surface area (Å²) in [6.45, 7) is 3.05. The van der Waals surface area contributed by atoms with Crippen molar-refractivity contribution in [2.45, 2.75) is 13.5 Å². The Balaban J connectivity index is 1.57. The molecule has 0 spiro atoms. The summed E-state index contributed by atoms with van der Waals surface area (Å²) in [6.07, 6.45) is 6.44. The fraction of sp³-hybridized carbons (Fsp3) is 0.176. The van der Waals surface area contributed by atoms with Crippen molar-refractivity contribution >= 4 is 5.52 Å². The molecule has 0 bridgehead atoms. The van der Waals surface area contributed by atoms with Gasteiger partial charge in [0.15, 0.2) is 0 Å². The van der Waals surface area contributed by atoms with Gasteiger partial charge in [-0.2, -0.15) is 15.2 Å². The number of aromatic nitrogens is 6. The predicted molar refractivity (Wildman–Crippen MR) is 89.8 cm³/mol. The lowest BCUT2D eigenvalue weighted by molar-refractivity contribution is 0.289. The van der Waals surface area contributed by atoms with E-state index < -0.39 is 0 Å². The van der Waals surface area contributed by atoms with E-state index in [-0.39, 0.29) is 0 Å². The van der Waals surface area contributed by atoms with E-state index in [9.17, 15) is 0 Å². The van der Waals surface area contributed by atoms with Crippen molar-refractivity contribution in [2.24, 2.45) is 0 Å². The van der Waals surface area contributed by atoms with Gasteiger partial charge < -0.3 is 9.47 Å². The lowest BCUT2D eigenvalue weighted by Crippen LogP contribution is -2.08. The molecule has 25 heavy (non-hydrogen) atoms. The van der Waals surface area contributed by atoms with Crippen LogP contribution < -0.4 is 9.47 Å². The molecule has 0 aliphatic heterocycles. The van der Waals surface area contributed by atoms with Crippen molar-refractivity contribution in [2.75, 3.05) is 6.61 Å². The number of nitrogens with zero attached hydrogens (tertiary/aromatic N) is 6. The molecule has 0 saturated heterocycles. The third-order valence-corrected chi connectivity index (χ3v) is 3.75. The highest BCUT2D eigenvalue weighted by molar-refractivity contribution is 5.67. The van der Waals surface area contributed by atoms with Gasteiger partial charge in [0.05, 0.1) is 12.7 Å². The van der Waals surface area contributed by atoms with E-state index in [0.717, 1.165) is 22.6 Å². The molecule has 0 unspecified atom stereocenters. The molecule has 126 valence electrons. The Morgan fingerprint density at radius 1 is 1.08 bits per heavy atom. The quantitative estimate of drug-likeness (QED) is 0.538. The zero-order valence-electron chi connectivity index (χ0n) is 13.6. The SMILES string of the molecule is Cc1c(OCCn2cncn2)cn2ncnc(Oc3ccccc3)c12. The number of para-hydroxylation sites is 1. The van der Waals surface area contributed by atoms with Crippen molar-refractivity contribution in [3.63, 3.8) is 0 Å². The van der Waals surface area contributed by atoms with E-state index in [1.807, 2.05) is 43.5 Å². The highest BCUT2D eigenvalue weighted by Gasteiger charge is 2.15. The molecule has 4 rings (SSSR count). The van der Waals surface area contributed by atoms with Gasteiger partial charge in [-0.25, -0.2) is 14.2 Å². The molecule has 0 saturated carbocycles. The second-order valence-corrected chi connectivity index (χ2v) is 5.40. The standard InChI is InChI=1S/C17H16N6O2/c1-13-15(24-8-7-22-12-18-10-20-22)9-23-16(13)17(19-11-21-23)25-14-5-3-2-4-6-14/h2-6,9-12H,7-8H2,1H3. The normalized spacial score (nSPS) is 10.9. The number of ether oxygens (including phenoxy) is 2. The van der Waals surface area contributed by atoms with Crippen LogP contribution in [0, 0.1) is 6.92 Å². The van der Waals surface area contributed by atoms with E-state index in [1.54, 1.807) is 15.5 Å². The topological polar surface area (TPSA) is 79.4 Å². The lowest BCUT2D eigenvalue weighted by Gasteiger charge is -2.07. The van der Waals surface area contributed by atoms with Crippen molar-refractivity contribution in [1.29, 1.82) is 0 Å². The van der Waals surface area contributed by atoms with Crippen LogP contribution in [0.25, 0.3) is 5.52 Å². The third kappa shape index (κ3) is 3.14. The Morgan fingerprint density at radius 3 is 2.76 bits per heavy atom. The minimum atomic E-state index is 0.476. The largest absolute Gasteiger partial charge is 0.490 e. The van der Waals surface area contributed by atoms with E-state index >= 15 is 0 Å². The van der Waals surface area contributed by atoms with Gasteiger partial charge in [0.1, 0.15) is 42.6 Å². The van der Waals surface area contributed by atoms with Gasteiger partial charge in [-0.05, 0) is 19.1 Å². The van der Waals surface area contributed by atoms with Crippen LogP contribution in [0.5, 0.6) is 17.4 Å². The number of rotatable bonds is 6. The highest BCUT2D eigenvalue weighted by Crippen LogP contribution is 2.31. The highest BCUT2D eigenvalue weighted by atomic mass is 16.5. The maximum atomic E-state index is 5.90. The van der Waals surface area contributed by atoms with Gasteiger partial charge in [-0.3, -0.25) is 0 Å². The smallest absolute Gasteiger partial charge is 0.247 e. The summed E-state index contributed by atoms with van der Waals surface area (Å²) in [5, 5.41) is 8.29. The summed E-state index contributed by atoms with van der Waals surface area (Å²) in [5.74, 6) is 1.95. The molecule has 0 atom stereocenters. The number of aryl methyl sites for hydroxylation is 1. The second kappa shape index (κ2) is 6.60. The van der Waals surface area contributed by atoms with Crippen molar-refractivity contribution < 1.29 is 9.47 Å². The van der Waals surface area contributed by atoms with Gasteiger partial charge >= 0.3 is 0 Å². The molecule has 4 aromatic rings. The minimum Gasteiger partial charge on any atom is -0.490 e. The van der Waals surface area contributed by atoms with Crippen LogP contribution in [-0.4, -0.2) is 36.0 Å². The van der Waals surface area contributed by atoms with Gasteiger partial charge in [0, 0.05) is 5.56 Å². The van der Waals surface area contributed by atoms with E-state index in [1.165, 1.54) is 12.7 Å². The van der Waals surface area contributed by atoms with Gasteiger partial charge in [0.2, 0.25) is 5.88 Å². The van der Waals surface area contributed by atoms with Gasteiger partial charge in [-0.1, -0.05) is 18.2 Å². The van der Waals surface area contributed by atoms with Crippen LogP contribution in [0.3, 0.4) is 0 Å². The summed E-state index contributed by atoms with van der Waals surface area (Å²) >= 11 is 0. The molecule has 0 aliphatic rings. The molecule has 8 heteroatoms. The lowest BCUT2D eigenvalue weighted by atomic mass is 10.3. The maximum Gasteiger partial charge on any atom is 0.247 e. The average molecular weight is 336 g/mol. The molecule has 0 radical (unpaired) electrons. The Labute approximate surface area is 143 Å². The molecule has 8 nitrogen and oxygen atoms in total. The Hall–Kier alpha value is -3.42. The minimum absolute atomic E-state index is 0.476. The van der Waals surface area contributed by atoms with Gasteiger partial charge in [-0.15, -0.1) is 0 Å². The predicted octanol–water partition coefficient (Wildman–Crippen LogP) is 2.50. The van der Waals surface area contributed by atoms with Crippen LogP contribution >= 0.6 is 0 Å². The molecular formula is C17H16N6O2. The zero-order chi connectivity index (χ0) is 17.1. The molecular weight excluding hydrogens is 320 g/mol. The van der Waals surface area contributed by atoms with Crippen molar-refractivity contribution in [3.05, 3.63) is 61.1 Å². The fourth-order valence-corrected chi connectivity index (χ4v) is 2.52. The summed E-state index contributed by atoms with van der Waals surface area (Å²) in [4.78, 5) is 8.17. The summed E-state index contributed by atoms with van der Waals surface area (Å²) in [6, 6.07) is 9.53. The Kier molecular flexibility index (Phi) is 3.99. The van der Waals surface area contributed by atoms with Crippen LogP contribution in [-0.2, 0) is 6.54 Å². The first-order valence-electron chi connectivity index (χ1n) is 7.82. The summed E-state index contributed by atoms with van der Waals surface area (Å²) in [7, 11) is 0. The van der Waals surface area contributed by atoms with Crippen molar-refractivity contribution in [3.8, 4) is 17.4 Å². The zero-order valence-corrected chi connectivity index (χ0v) is 13.6. The van der Waals surface area contributed by atoms with E-state index in [4.69, 9.17) is 9.47 Å². The maximum absolute atomic E-state index is 5.90. The van der Waals surface area contributed by atoms with Gasteiger partial charge in [0.25, 0.3) is 0 Å². The number of hydrogen-bond donors (Lipinski definition) is 0. The fourth-order valence-electron chi connectivity index (χ4n) is 2.52. The van der Waals surface area contributed by atoms with Crippen LogP contribution in [0.2, 0.25) is 0 Å². The number of fused-ring (bicyclic) bond motifs is 1.